The van der Waals surface area contributed by atoms with Crippen LogP contribution in [0.5, 0.6) is 0 Å². The first-order valence-corrected chi connectivity index (χ1v) is 11.1. The van der Waals surface area contributed by atoms with Crippen LogP contribution in [0.15, 0.2) is 0 Å². The van der Waals surface area contributed by atoms with E-state index in [2.05, 4.69) is 6.92 Å². The van der Waals surface area contributed by atoms with Gasteiger partial charge in [-0.2, -0.15) is 0 Å². The third-order valence-corrected chi connectivity index (χ3v) is 9.71. The van der Waals surface area contributed by atoms with Crippen LogP contribution in [0.2, 0.25) is 0 Å². The number of rotatable bonds is 2. The zero-order chi connectivity index (χ0) is 20.5. The van der Waals surface area contributed by atoms with Gasteiger partial charge in [0.15, 0.2) is 11.4 Å². The summed E-state index contributed by atoms with van der Waals surface area (Å²) in [5.74, 6) is 1.30. The third kappa shape index (κ3) is 2.57. The average molecular weight is 393 g/mol. The second kappa shape index (κ2) is 6.53. The highest BCUT2D eigenvalue weighted by molar-refractivity contribution is 5.87. The summed E-state index contributed by atoms with van der Waals surface area (Å²) in [5, 5.41) is 21.9. The number of Topliss-reactive ketones (excluding diaryl/α,β-unsaturated/α-hetero) is 1. The van der Waals surface area contributed by atoms with E-state index in [1.54, 1.807) is 0 Å². The van der Waals surface area contributed by atoms with Crippen LogP contribution in [0, 0.1) is 34.5 Å². The van der Waals surface area contributed by atoms with Crippen LogP contribution in [0.1, 0.15) is 79.1 Å². The van der Waals surface area contributed by atoms with Gasteiger partial charge in [-0.05, 0) is 87.4 Å². The predicted molar refractivity (Wildman–Crippen MR) is 104 cm³/mol. The molecule has 0 unspecified atom stereocenters. The molecular formula is C23H36O5. The monoisotopic (exact) mass is 392 g/mol. The second-order valence-electron chi connectivity index (χ2n) is 10.7. The fraction of sp³-hybridized carbons (Fsp3) is 0.913. The molecule has 4 fully saturated rings. The Hall–Kier alpha value is -0.940. The molecule has 0 heterocycles. The van der Waals surface area contributed by atoms with Gasteiger partial charge in [-0.1, -0.05) is 13.8 Å². The lowest BCUT2D eigenvalue weighted by atomic mass is 9.44. The van der Waals surface area contributed by atoms with Crippen LogP contribution in [-0.2, 0) is 14.3 Å². The minimum Gasteiger partial charge on any atom is -0.463 e. The summed E-state index contributed by atoms with van der Waals surface area (Å²) in [4.78, 5) is 23.8. The topological polar surface area (TPSA) is 83.8 Å². The van der Waals surface area contributed by atoms with Crippen molar-refractivity contribution in [3.05, 3.63) is 0 Å². The summed E-state index contributed by atoms with van der Waals surface area (Å²) in [6.07, 6.45) is 6.58. The molecule has 4 aliphatic rings. The summed E-state index contributed by atoms with van der Waals surface area (Å²) >= 11 is 0. The first-order valence-electron chi connectivity index (χ1n) is 11.1. The zero-order valence-corrected chi connectivity index (χ0v) is 17.7. The van der Waals surface area contributed by atoms with Gasteiger partial charge in [-0.15, -0.1) is 0 Å². The van der Waals surface area contributed by atoms with Crippen molar-refractivity contribution in [1.29, 1.82) is 0 Å². The van der Waals surface area contributed by atoms with Crippen LogP contribution in [-0.4, -0.2) is 39.8 Å². The lowest BCUT2D eigenvalue weighted by molar-refractivity contribution is -0.183. The molecule has 28 heavy (non-hydrogen) atoms. The number of aliphatic hydroxyl groups excluding tert-OH is 1. The zero-order valence-electron chi connectivity index (χ0n) is 17.7. The van der Waals surface area contributed by atoms with Gasteiger partial charge in [0.25, 0.3) is 0 Å². The number of hydrogen-bond donors (Lipinski definition) is 2. The van der Waals surface area contributed by atoms with Crippen LogP contribution in [0.4, 0.5) is 0 Å². The van der Waals surface area contributed by atoms with E-state index in [0.29, 0.717) is 24.2 Å². The molecule has 0 bridgehead atoms. The summed E-state index contributed by atoms with van der Waals surface area (Å²) in [6, 6.07) is 0. The van der Waals surface area contributed by atoms with Gasteiger partial charge in [0.05, 0.1) is 6.10 Å². The van der Waals surface area contributed by atoms with Gasteiger partial charge in [-0.25, -0.2) is 0 Å². The lowest BCUT2D eigenvalue weighted by Crippen LogP contribution is -2.60. The van der Waals surface area contributed by atoms with E-state index in [0.717, 1.165) is 44.9 Å². The fourth-order valence-electron chi connectivity index (χ4n) is 8.22. The highest BCUT2D eigenvalue weighted by Crippen LogP contribution is 2.68. The molecule has 4 saturated carbocycles. The van der Waals surface area contributed by atoms with Crippen molar-refractivity contribution in [3.8, 4) is 0 Å². The third-order valence-electron chi connectivity index (χ3n) is 9.71. The number of ketones is 1. The van der Waals surface area contributed by atoms with E-state index in [1.807, 2.05) is 6.92 Å². The summed E-state index contributed by atoms with van der Waals surface area (Å²) in [5.41, 5.74) is -1.91. The van der Waals surface area contributed by atoms with Gasteiger partial charge >= 0.3 is 5.97 Å². The van der Waals surface area contributed by atoms with E-state index in [1.165, 1.54) is 13.8 Å². The maximum atomic E-state index is 12.4. The van der Waals surface area contributed by atoms with Gasteiger partial charge in [0.2, 0.25) is 0 Å². The Labute approximate surface area is 168 Å². The maximum Gasteiger partial charge on any atom is 0.302 e. The number of carbonyl (C=O) groups is 2. The maximum absolute atomic E-state index is 12.4. The van der Waals surface area contributed by atoms with E-state index < -0.39 is 17.1 Å². The predicted octanol–water partition coefficient (Wildman–Crippen LogP) is 3.25. The number of hydrogen-bond acceptors (Lipinski definition) is 5. The first-order chi connectivity index (χ1) is 13.0. The Kier molecular flexibility index (Phi) is 4.74. The van der Waals surface area contributed by atoms with E-state index >= 15 is 0 Å². The molecule has 5 heteroatoms. The summed E-state index contributed by atoms with van der Waals surface area (Å²) in [6.45, 7) is 7.38. The largest absolute Gasteiger partial charge is 0.463 e. The molecule has 4 rings (SSSR count). The molecule has 0 aromatic rings. The normalized spacial score (nSPS) is 52.9. The van der Waals surface area contributed by atoms with Crippen LogP contribution >= 0.6 is 0 Å². The van der Waals surface area contributed by atoms with Gasteiger partial charge in [-0.3, -0.25) is 9.59 Å². The SMILES string of the molecule is CC(=O)O[C@@H]1CC[C@@]2(C)[C@H](CC[C@@H]3[C@@H]2CC[C@@]2(C)[C@H]3C[C@H](O)[C@]2(O)C(C)=O)C1. The number of carbonyl (C=O) groups excluding carboxylic acids is 2. The number of fused-ring (bicyclic) bond motifs is 5. The minimum absolute atomic E-state index is 0.0529. The first kappa shape index (κ1) is 20.3. The van der Waals surface area contributed by atoms with Crippen molar-refractivity contribution in [2.75, 3.05) is 0 Å². The molecule has 4 aliphatic carbocycles. The van der Waals surface area contributed by atoms with Gasteiger partial charge in [0, 0.05) is 12.3 Å². The molecular weight excluding hydrogens is 356 g/mol. The Morgan fingerprint density at radius 2 is 1.68 bits per heavy atom. The quantitative estimate of drug-likeness (QED) is 0.705. The van der Waals surface area contributed by atoms with Gasteiger partial charge in [0.1, 0.15) is 6.10 Å². The van der Waals surface area contributed by atoms with Crippen LogP contribution in [0.3, 0.4) is 0 Å². The molecule has 9 atom stereocenters. The second-order valence-corrected chi connectivity index (χ2v) is 10.7. The Bertz CT molecular complexity index is 676. The van der Waals surface area contributed by atoms with Crippen molar-refractivity contribution >= 4 is 11.8 Å². The molecule has 2 N–H and O–H groups in total. The molecule has 5 nitrogen and oxygen atoms in total. The highest BCUT2D eigenvalue weighted by Gasteiger charge is 2.69. The summed E-state index contributed by atoms with van der Waals surface area (Å²) in [7, 11) is 0. The van der Waals surface area contributed by atoms with Crippen molar-refractivity contribution in [3.63, 3.8) is 0 Å². The van der Waals surface area contributed by atoms with Gasteiger partial charge < -0.3 is 14.9 Å². The van der Waals surface area contributed by atoms with Crippen LogP contribution in [0.25, 0.3) is 0 Å². The number of ether oxygens (including phenoxy) is 1. The average Bonchev–Trinajstić information content (AvgIpc) is 2.83. The number of aliphatic hydroxyl groups is 2. The molecule has 0 aliphatic heterocycles. The van der Waals surface area contributed by atoms with Crippen molar-refractivity contribution < 1.29 is 24.5 Å². The fourth-order valence-corrected chi connectivity index (χ4v) is 8.22. The molecule has 0 aromatic carbocycles. The molecule has 0 amide bonds. The molecule has 0 spiro atoms. The van der Waals surface area contributed by atoms with E-state index in [-0.39, 0.29) is 29.2 Å². The Morgan fingerprint density at radius 1 is 0.964 bits per heavy atom. The molecule has 158 valence electrons. The highest BCUT2D eigenvalue weighted by atomic mass is 16.5. The van der Waals surface area contributed by atoms with E-state index in [9.17, 15) is 19.8 Å². The molecule has 0 radical (unpaired) electrons. The standard InChI is InChI=1S/C23H36O5/c1-13(24)23(27)20(26)12-19-17-6-5-15-11-16(28-14(2)25)7-9-21(15,3)18(17)8-10-22(19,23)4/h15-20,26-27H,5-12H2,1-4H3/t15-,16-,17-,18+,19+,20+,21+,22+,23-/m1/s1. The Balaban J connectivity index is 1.59. The number of esters is 1. The molecule has 0 saturated heterocycles. The lowest BCUT2D eigenvalue weighted by Gasteiger charge is -2.61. The van der Waals surface area contributed by atoms with Crippen LogP contribution < -0.4 is 0 Å². The van der Waals surface area contributed by atoms with E-state index in [4.69, 9.17) is 4.74 Å². The van der Waals surface area contributed by atoms with Crippen molar-refractivity contribution in [2.45, 2.75) is 96.9 Å². The Morgan fingerprint density at radius 3 is 2.32 bits per heavy atom. The smallest absolute Gasteiger partial charge is 0.302 e. The van der Waals surface area contributed by atoms with Crippen molar-refractivity contribution in [1.82, 2.24) is 0 Å². The van der Waals surface area contributed by atoms with Crippen molar-refractivity contribution in [2.24, 2.45) is 34.5 Å². The minimum atomic E-state index is -1.60. The summed E-state index contributed by atoms with van der Waals surface area (Å²) < 4.78 is 5.53. The molecule has 0 aromatic heterocycles.